The Morgan fingerprint density at radius 1 is 1.00 bits per heavy atom. The lowest BCUT2D eigenvalue weighted by molar-refractivity contribution is -0.0331. The average Bonchev–Trinajstić information content (AvgIpc) is 1.97. The van der Waals surface area contributed by atoms with E-state index in [1.165, 1.54) is 0 Å². The molecule has 0 aromatic rings. The average molecular weight is 200 g/mol. The summed E-state index contributed by atoms with van der Waals surface area (Å²) in [5.74, 6) is 0. The molecule has 0 spiro atoms. The van der Waals surface area contributed by atoms with E-state index >= 15 is 0 Å². The monoisotopic (exact) mass is 200 g/mol. The van der Waals surface area contributed by atoms with Crippen molar-refractivity contribution in [3.63, 3.8) is 0 Å². The van der Waals surface area contributed by atoms with E-state index in [1.54, 1.807) is 0 Å². The van der Waals surface area contributed by atoms with Crippen molar-refractivity contribution in [2.45, 2.75) is 53.8 Å². The summed E-state index contributed by atoms with van der Waals surface area (Å²) < 4.78 is 0. The topological polar surface area (TPSA) is 40.5 Å². The van der Waals surface area contributed by atoms with Gasteiger partial charge >= 0.3 is 0 Å². The molecule has 14 heavy (non-hydrogen) atoms. The van der Waals surface area contributed by atoms with Crippen LogP contribution in [-0.4, -0.2) is 22.4 Å². The molecule has 0 bridgehead atoms. The molecule has 0 aromatic carbocycles. The Bertz CT molecular complexity index is 205. The summed E-state index contributed by atoms with van der Waals surface area (Å²) in [7, 11) is 0. The molecule has 0 saturated carbocycles. The summed E-state index contributed by atoms with van der Waals surface area (Å²) in [6.45, 7) is 15.5. The van der Waals surface area contributed by atoms with Crippen LogP contribution in [0.15, 0.2) is 12.2 Å². The predicted molar refractivity (Wildman–Crippen MR) is 60.1 cm³/mol. The molecule has 84 valence electrons. The van der Waals surface area contributed by atoms with Gasteiger partial charge in [0.1, 0.15) is 6.10 Å². The van der Waals surface area contributed by atoms with E-state index < -0.39 is 12.2 Å². The van der Waals surface area contributed by atoms with Gasteiger partial charge in [0.15, 0.2) is 0 Å². The predicted octanol–water partition coefficient (Wildman–Crippen LogP) is 2.36. The molecule has 0 aliphatic carbocycles. The maximum absolute atomic E-state index is 9.91. The molecule has 0 rings (SSSR count). The summed E-state index contributed by atoms with van der Waals surface area (Å²) >= 11 is 0. The van der Waals surface area contributed by atoms with Crippen LogP contribution in [0.1, 0.15) is 41.5 Å². The maximum Gasteiger partial charge on any atom is 0.102 e. The molecule has 2 heteroatoms. The Balaban J connectivity index is 4.65. The Kier molecular flexibility index (Phi) is 3.93. The minimum Gasteiger partial charge on any atom is -0.390 e. The Labute approximate surface area is 87.7 Å². The Morgan fingerprint density at radius 2 is 1.36 bits per heavy atom. The van der Waals surface area contributed by atoms with E-state index in [2.05, 4.69) is 6.58 Å². The van der Waals surface area contributed by atoms with E-state index in [-0.39, 0.29) is 10.8 Å². The van der Waals surface area contributed by atoms with Gasteiger partial charge in [0.25, 0.3) is 0 Å². The van der Waals surface area contributed by atoms with E-state index in [1.807, 2.05) is 41.5 Å². The van der Waals surface area contributed by atoms with Crippen LogP contribution in [0.4, 0.5) is 0 Å². The highest BCUT2D eigenvalue weighted by molar-refractivity contribution is 5.13. The Hall–Kier alpha value is -0.340. The number of rotatable bonds is 2. The lowest BCUT2D eigenvalue weighted by Gasteiger charge is -2.35. The zero-order valence-corrected chi connectivity index (χ0v) is 10.3. The first-order chi connectivity index (χ1) is 5.98. The van der Waals surface area contributed by atoms with Gasteiger partial charge in [-0.2, -0.15) is 0 Å². The molecule has 0 aliphatic rings. The molecule has 2 nitrogen and oxygen atoms in total. The van der Waals surface area contributed by atoms with Crippen LogP contribution in [0.5, 0.6) is 0 Å². The van der Waals surface area contributed by atoms with Gasteiger partial charge in [0, 0.05) is 0 Å². The molecule has 0 unspecified atom stereocenters. The van der Waals surface area contributed by atoms with Crippen molar-refractivity contribution in [2.75, 3.05) is 0 Å². The van der Waals surface area contributed by atoms with E-state index in [0.717, 1.165) is 0 Å². The minimum atomic E-state index is -0.852. The first-order valence-corrected chi connectivity index (χ1v) is 5.03. The highest BCUT2D eigenvalue weighted by Gasteiger charge is 2.34. The van der Waals surface area contributed by atoms with Crippen molar-refractivity contribution in [1.29, 1.82) is 0 Å². The lowest BCUT2D eigenvalue weighted by atomic mass is 9.77. The van der Waals surface area contributed by atoms with Gasteiger partial charge in [-0.05, 0) is 16.4 Å². The van der Waals surface area contributed by atoms with Crippen LogP contribution >= 0.6 is 0 Å². The molecule has 0 radical (unpaired) electrons. The van der Waals surface area contributed by atoms with E-state index in [9.17, 15) is 10.2 Å². The van der Waals surface area contributed by atoms with Crippen molar-refractivity contribution >= 4 is 0 Å². The third-order valence-electron chi connectivity index (χ3n) is 2.51. The van der Waals surface area contributed by atoms with Gasteiger partial charge in [0.2, 0.25) is 0 Å². The molecule has 0 saturated heterocycles. The van der Waals surface area contributed by atoms with E-state index in [4.69, 9.17) is 0 Å². The Morgan fingerprint density at radius 3 is 1.57 bits per heavy atom. The molecule has 2 N–H and O–H groups in total. The number of aliphatic hydroxyl groups is 2. The first kappa shape index (κ1) is 13.7. The molecule has 0 amide bonds. The molecule has 0 aromatic heterocycles. The molecule has 2 atom stereocenters. The number of hydrogen-bond acceptors (Lipinski definition) is 2. The maximum atomic E-state index is 9.91. The van der Waals surface area contributed by atoms with Crippen LogP contribution in [0.2, 0.25) is 0 Å². The van der Waals surface area contributed by atoms with Gasteiger partial charge in [-0.15, -0.1) is 0 Å². The third kappa shape index (κ3) is 3.43. The van der Waals surface area contributed by atoms with Crippen molar-refractivity contribution in [3.8, 4) is 0 Å². The second-order valence-corrected chi connectivity index (χ2v) is 6.03. The second-order valence-electron chi connectivity index (χ2n) is 6.03. The smallest absolute Gasteiger partial charge is 0.102 e. The summed E-state index contributed by atoms with van der Waals surface area (Å²) in [6.07, 6.45) is -1.62. The fourth-order valence-electron chi connectivity index (χ4n) is 1.11. The molecule has 0 heterocycles. The van der Waals surface area contributed by atoms with Crippen LogP contribution in [0.3, 0.4) is 0 Å². The summed E-state index contributed by atoms with van der Waals surface area (Å²) in [4.78, 5) is 0. The largest absolute Gasteiger partial charge is 0.390 e. The van der Waals surface area contributed by atoms with Crippen LogP contribution < -0.4 is 0 Å². The molecular weight excluding hydrogens is 176 g/mol. The fourth-order valence-corrected chi connectivity index (χ4v) is 1.11. The quantitative estimate of drug-likeness (QED) is 0.672. The van der Waals surface area contributed by atoms with E-state index in [0.29, 0.717) is 5.57 Å². The normalized spacial score (nSPS) is 17.7. The highest BCUT2D eigenvalue weighted by Crippen LogP contribution is 2.32. The zero-order chi connectivity index (χ0) is 11.7. The highest BCUT2D eigenvalue weighted by atomic mass is 16.3. The summed E-state index contributed by atoms with van der Waals surface area (Å²) in [5, 5.41) is 19.8. The van der Waals surface area contributed by atoms with Gasteiger partial charge in [0.05, 0.1) is 6.10 Å². The van der Waals surface area contributed by atoms with Crippen molar-refractivity contribution < 1.29 is 10.2 Å². The lowest BCUT2D eigenvalue weighted by Crippen LogP contribution is -2.41. The zero-order valence-electron chi connectivity index (χ0n) is 10.3. The van der Waals surface area contributed by atoms with Crippen molar-refractivity contribution in [3.05, 3.63) is 12.2 Å². The molecule has 0 aliphatic heterocycles. The van der Waals surface area contributed by atoms with Crippen molar-refractivity contribution in [2.24, 2.45) is 10.8 Å². The van der Waals surface area contributed by atoms with Gasteiger partial charge in [-0.3, -0.25) is 0 Å². The SMILES string of the molecule is C=C([C@@H](O)[C@H](O)C(C)(C)C)C(C)(C)C. The number of aliphatic hydroxyl groups excluding tert-OH is 2. The van der Waals surface area contributed by atoms with Crippen LogP contribution in [-0.2, 0) is 0 Å². The van der Waals surface area contributed by atoms with Gasteiger partial charge in [-0.25, -0.2) is 0 Å². The third-order valence-corrected chi connectivity index (χ3v) is 2.51. The first-order valence-electron chi connectivity index (χ1n) is 5.03. The second kappa shape index (κ2) is 4.03. The fraction of sp³-hybridized carbons (Fsp3) is 0.833. The standard InChI is InChI=1S/C12H24O2/c1-8(11(2,3)4)9(13)10(14)12(5,6)7/h9-10,13-14H,1H2,2-7H3/t9-,10+/m1/s1. The summed E-state index contributed by atoms with van der Waals surface area (Å²) in [5.41, 5.74) is 0.180. The number of hydrogen-bond donors (Lipinski definition) is 2. The van der Waals surface area contributed by atoms with Crippen LogP contribution in [0.25, 0.3) is 0 Å². The summed E-state index contributed by atoms with van der Waals surface area (Å²) in [6, 6.07) is 0. The van der Waals surface area contributed by atoms with Crippen LogP contribution in [0, 0.1) is 10.8 Å². The molecular formula is C12H24O2. The van der Waals surface area contributed by atoms with Gasteiger partial charge in [-0.1, -0.05) is 48.1 Å². The molecule has 0 fully saturated rings. The van der Waals surface area contributed by atoms with Gasteiger partial charge < -0.3 is 10.2 Å². The minimum absolute atomic E-state index is 0.175. The van der Waals surface area contributed by atoms with Crippen molar-refractivity contribution in [1.82, 2.24) is 0 Å².